The van der Waals surface area contributed by atoms with E-state index in [0.717, 1.165) is 61.3 Å². The predicted octanol–water partition coefficient (Wildman–Crippen LogP) is 12.4. The molecule has 0 unspecified atom stereocenters. The molecule has 0 spiro atoms. The van der Waals surface area contributed by atoms with Crippen LogP contribution in [-0.4, -0.2) is 14.1 Å². The van der Waals surface area contributed by atoms with E-state index >= 15 is 0 Å². The Morgan fingerprint density at radius 3 is 2.05 bits per heavy atom. The Morgan fingerprint density at radius 1 is 0.603 bits per heavy atom. The van der Waals surface area contributed by atoms with Gasteiger partial charge in [0.15, 0.2) is 0 Å². The molecule has 0 aliphatic rings. The first-order chi connectivity index (χ1) is 27.5. The van der Waals surface area contributed by atoms with Crippen LogP contribution in [0.5, 0.6) is 11.5 Å². The van der Waals surface area contributed by atoms with Gasteiger partial charge in [0, 0.05) is 56.7 Å². The minimum atomic E-state index is -0.150. The molecule has 0 radical (unpaired) electrons. The molecule has 6 heteroatoms. The van der Waals surface area contributed by atoms with Crippen LogP contribution in [0.1, 0.15) is 52.7 Å². The number of rotatable bonds is 7. The number of ether oxygens (including phenoxy) is 1. The third-order valence-corrected chi connectivity index (χ3v) is 10.6. The Labute approximate surface area is 355 Å². The molecule has 6 aromatic carbocycles. The number of benzene rings is 6. The Hall–Kier alpha value is -6.03. The standard InChI is InChI=1S/C52H44N4O.Pt/c1-51(2,3)39-25-26-53-50(32-39)56-48-20-14-13-19-44(48)45-23-22-42(34-49(45)56)57-43-31-40(52(4,5)6)30-41(33-43)54-27-28-55(35-54)47-24-21-38(36-15-9-7-10-16-36)29-46(47)37-17-11-8-12-18-37;/h7-32H,1-6H3;/q-2;. The molecule has 9 aromatic rings. The second kappa shape index (κ2) is 15.4. The monoisotopic (exact) mass is 935 g/mol. The van der Waals surface area contributed by atoms with Crippen LogP contribution in [0.4, 0.5) is 0 Å². The molecule has 58 heavy (non-hydrogen) atoms. The van der Waals surface area contributed by atoms with E-state index in [1.807, 2.05) is 35.3 Å². The van der Waals surface area contributed by atoms with Gasteiger partial charge in [0.05, 0.1) is 5.69 Å². The molecule has 0 N–H and O–H groups in total. The summed E-state index contributed by atoms with van der Waals surface area (Å²) in [7, 11) is 0. The van der Waals surface area contributed by atoms with Crippen LogP contribution in [0.3, 0.4) is 0 Å². The van der Waals surface area contributed by atoms with Gasteiger partial charge in [-0.2, -0.15) is 17.7 Å². The summed E-state index contributed by atoms with van der Waals surface area (Å²) in [5.41, 5.74) is 10.6. The van der Waals surface area contributed by atoms with Crippen molar-refractivity contribution >= 4 is 21.8 Å². The van der Waals surface area contributed by atoms with Gasteiger partial charge in [-0.3, -0.25) is 4.57 Å². The second-order valence-electron chi connectivity index (χ2n) is 16.7. The summed E-state index contributed by atoms with van der Waals surface area (Å²) >= 11 is 0. The molecule has 0 saturated carbocycles. The maximum atomic E-state index is 6.69. The fourth-order valence-electron chi connectivity index (χ4n) is 7.43. The second-order valence-corrected chi connectivity index (χ2v) is 16.7. The van der Waals surface area contributed by atoms with Crippen LogP contribution in [0.25, 0.3) is 61.3 Å². The zero-order chi connectivity index (χ0) is 39.3. The van der Waals surface area contributed by atoms with E-state index in [4.69, 9.17) is 9.72 Å². The number of aromatic nitrogens is 4. The normalized spacial score (nSPS) is 11.8. The van der Waals surface area contributed by atoms with Crippen molar-refractivity contribution in [1.29, 1.82) is 0 Å². The summed E-state index contributed by atoms with van der Waals surface area (Å²) in [6, 6.07) is 55.9. The molecule has 0 fully saturated rings. The number of nitrogens with zero attached hydrogens (tertiary/aromatic N) is 4. The summed E-state index contributed by atoms with van der Waals surface area (Å²) < 4.78 is 12.9. The Kier molecular flexibility index (Phi) is 10.3. The molecule has 290 valence electrons. The first kappa shape index (κ1) is 38.8. The van der Waals surface area contributed by atoms with Crippen molar-refractivity contribution in [3.05, 3.63) is 188 Å². The first-order valence-corrected chi connectivity index (χ1v) is 19.5. The van der Waals surface area contributed by atoms with Gasteiger partial charge in [-0.1, -0.05) is 132 Å². The van der Waals surface area contributed by atoms with Gasteiger partial charge in [0.2, 0.25) is 0 Å². The molecule has 0 aliphatic carbocycles. The molecule has 0 saturated heterocycles. The van der Waals surface area contributed by atoms with Gasteiger partial charge in [0.1, 0.15) is 5.82 Å². The molecule has 0 bridgehead atoms. The van der Waals surface area contributed by atoms with E-state index in [9.17, 15) is 0 Å². The quantitative estimate of drug-likeness (QED) is 0.118. The minimum absolute atomic E-state index is 0. The Balaban J connectivity index is 0.00000469. The molecule has 3 aromatic heterocycles. The smallest absolute Gasteiger partial charge is 0.267 e. The maximum Gasteiger partial charge on any atom is 0.267 e. The number of imidazole rings is 1. The van der Waals surface area contributed by atoms with Gasteiger partial charge in [-0.15, -0.1) is 29.7 Å². The predicted molar refractivity (Wildman–Crippen MR) is 231 cm³/mol. The fraction of sp³-hybridized carbons (Fsp3) is 0.154. The average Bonchev–Trinajstić information content (AvgIpc) is 3.84. The zero-order valence-electron chi connectivity index (χ0n) is 33.5. The van der Waals surface area contributed by atoms with Crippen molar-refractivity contribution in [2.45, 2.75) is 52.4 Å². The number of pyridine rings is 1. The molecule has 0 aliphatic heterocycles. The van der Waals surface area contributed by atoms with Gasteiger partial charge in [0.25, 0.3) is 6.33 Å². The van der Waals surface area contributed by atoms with Crippen LogP contribution >= 0.6 is 0 Å². The van der Waals surface area contributed by atoms with Crippen molar-refractivity contribution in [1.82, 2.24) is 14.1 Å². The molecule has 0 atom stereocenters. The van der Waals surface area contributed by atoms with E-state index < -0.39 is 0 Å². The molecular weight excluding hydrogens is 892 g/mol. The average molecular weight is 936 g/mol. The van der Waals surface area contributed by atoms with E-state index in [1.54, 1.807) is 0 Å². The first-order valence-electron chi connectivity index (χ1n) is 19.5. The van der Waals surface area contributed by atoms with Crippen molar-refractivity contribution in [2.75, 3.05) is 0 Å². The van der Waals surface area contributed by atoms with Crippen molar-refractivity contribution in [2.24, 2.45) is 0 Å². The van der Waals surface area contributed by atoms with Crippen molar-refractivity contribution in [3.63, 3.8) is 0 Å². The van der Waals surface area contributed by atoms with Gasteiger partial charge in [-0.25, -0.2) is 4.98 Å². The van der Waals surface area contributed by atoms with E-state index in [0.29, 0.717) is 11.5 Å². The summed E-state index contributed by atoms with van der Waals surface area (Å²) in [6.45, 7) is 13.3. The summed E-state index contributed by atoms with van der Waals surface area (Å²) in [5, 5.41) is 2.23. The van der Waals surface area contributed by atoms with Gasteiger partial charge in [-0.05, 0) is 80.1 Å². The summed E-state index contributed by atoms with van der Waals surface area (Å²) in [5.74, 6) is 2.06. The fourth-order valence-corrected chi connectivity index (χ4v) is 7.43. The third kappa shape index (κ3) is 7.55. The number of fused-ring (bicyclic) bond motifs is 3. The molecule has 9 rings (SSSR count). The maximum absolute atomic E-state index is 6.69. The third-order valence-electron chi connectivity index (χ3n) is 10.6. The summed E-state index contributed by atoms with van der Waals surface area (Å²) in [4.78, 5) is 4.85. The van der Waals surface area contributed by atoms with E-state index in [-0.39, 0.29) is 31.9 Å². The van der Waals surface area contributed by atoms with Crippen molar-refractivity contribution in [3.8, 4) is 50.9 Å². The Morgan fingerprint density at radius 2 is 1.31 bits per heavy atom. The topological polar surface area (TPSA) is 35.9 Å². The minimum Gasteiger partial charge on any atom is -0.510 e. The SMILES string of the molecule is CC(C)(C)c1cc(Oc2[c-]c3c(cc2)c2ccccc2n3-c2cc(C(C)(C)C)ccn2)[c-]c(-n2[c-][n+](-c3ccc(-c4ccccc4)cc3-c3ccccc3)cc2)c1.[Pt]. The molecule has 3 heterocycles. The van der Waals surface area contributed by atoms with Crippen LogP contribution < -0.4 is 9.30 Å². The number of hydrogen-bond donors (Lipinski definition) is 0. The Bertz CT molecular complexity index is 2900. The van der Waals surface area contributed by atoms with E-state index in [2.05, 4.69) is 197 Å². The van der Waals surface area contributed by atoms with Crippen LogP contribution in [-0.2, 0) is 31.9 Å². The summed E-state index contributed by atoms with van der Waals surface area (Å²) in [6.07, 6.45) is 9.56. The molecule has 5 nitrogen and oxygen atoms in total. The van der Waals surface area contributed by atoms with Gasteiger partial charge < -0.3 is 13.9 Å². The van der Waals surface area contributed by atoms with E-state index in [1.165, 1.54) is 11.1 Å². The van der Waals surface area contributed by atoms with Crippen LogP contribution in [0, 0.1) is 18.5 Å². The van der Waals surface area contributed by atoms with Crippen molar-refractivity contribution < 1.29 is 30.4 Å². The number of hydrogen-bond acceptors (Lipinski definition) is 2. The largest absolute Gasteiger partial charge is 0.510 e. The van der Waals surface area contributed by atoms with Gasteiger partial charge >= 0.3 is 0 Å². The zero-order valence-corrected chi connectivity index (χ0v) is 35.8. The molecule has 0 amide bonds. The number of para-hydroxylation sites is 1. The molecular formula is C52H44N4OPt-2. The van der Waals surface area contributed by atoms with Crippen LogP contribution in [0.15, 0.2) is 158 Å². The van der Waals surface area contributed by atoms with Crippen LogP contribution in [0.2, 0.25) is 0 Å².